The Hall–Kier alpha value is -3.43. The number of aliphatic hydroxyl groups excluding tert-OH is 1. The minimum Gasteiger partial charge on any atom is -0.480 e. The molecule has 178 valence electrons. The highest BCUT2D eigenvalue weighted by Gasteiger charge is 2.51. The lowest BCUT2D eigenvalue weighted by Crippen LogP contribution is -2.62. The molecule has 0 aromatic heterocycles. The lowest BCUT2D eigenvalue weighted by Gasteiger charge is -2.33. The third kappa shape index (κ3) is 3.80. The number of rotatable bonds is 5. The lowest BCUT2D eigenvalue weighted by molar-refractivity contribution is -0.151. The van der Waals surface area contributed by atoms with Crippen LogP contribution < -0.4 is 5.32 Å². The van der Waals surface area contributed by atoms with Crippen molar-refractivity contribution in [3.63, 3.8) is 0 Å². The molecule has 0 bridgehead atoms. The van der Waals surface area contributed by atoms with E-state index in [-0.39, 0.29) is 45.1 Å². The van der Waals surface area contributed by atoms with Gasteiger partial charge in [0.15, 0.2) is 0 Å². The van der Waals surface area contributed by atoms with Crippen LogP contribution in [0.1, 0.15) is 29.9 Å². The average Bonchev–Trinajstić information content (AvgIpc) is 3.54. The van der Waals surface area contributed by atoms with E-state index >= 15 is 0 Å². The Balaban J connectivity index is 1.31. The first-order valence-electron chi connectivity index (χ1n) is 11.3. The SMILES string of the molecule is O=C(NC1(C(=O)N2CC(O)C[C@H]2C(=O)O)CCOC1)OCC1c2ccccc2-c2ccccc21. The van der Waals surface area contributed by atoms with Crippen molar-refractivity contribution >= 4 is 18.0 Å². The molecule has 2 fully saturated rings. The van der Waals surface area contributed by atoms with Gasteiger partial charge in [0.2, 0.25) is 0 Å². The number of nitrogens with one attached hydrogen (secondary N) is 1. The van der Waals surface area contributed by atoms with E-state index in [9.17, 15) is 24.6 Å². The normalized spacial score (nSPS) is 25.6. The maximum absolute atomic E-state index is 13.4. The van der Waals surface area contributed by atoms with E-state index in [4.69, 9.17) is 9.47 Å². The molecule has 0 radical (unpaired) electrons. The van der Waals surface area contributed by atoms with Crippen LogP contribution in [0.25, 0.3) is 11.1 Å². The molecule has 2 amide bonds. The van der Waals surface area contributed by atoms with Crippen molar-refractivity contribution in [3.8, 4) is 11.1 Å². The molecule has 2 aromatic rings. The number of benzene rings is 2. The van der Waals surface area contributed by atoms with Gasteiger partial charge in [-0.1, -0.05) is 48.5 Å². The summed E-state index contributed by atoms with van der Waals surface area (Å²) in [6.07, 6.45) is -1.57. The van der Waals surface area contributed by atoms with Crippen molar-refractivity contribution in [2.75, 3.05) is 26.4 Å². The molecule has 3 atom stereocenters. The second kappa shape index (κ2) is 8.73. The van der Waals surface area contributed by atoms with E-state index in [1.807, 2.05) is 48.5 Å². The molecule has 34 heavy (non-hydrogen) atoms. The monoisotopic (exact) mass is 466 g/mol. The van der Waals surface area contributed by atoms with Gasteiger partial charge in [-0.25, -0.2) is 9.59 Å². The van der Waals surface area contributed by atoms with Gasteiger partial charge in [0.25, 0.3) is 5.91 Å². The number of β-amino-alcohol motifs (C(OH)–C–C–N with tert-alkyl or cyclic N) is 1. The zero-order valence-corrected chi connectivity index (χ0v) is 18.5. The Kier molecular flexibility index (Phi) is 5.75. The van der Waals surface area contributed by atoms with Crippen LogP contribution in [0.3, 0.4) is 0 Å². The fourth-order valence-corrected chi connectivity index (χ4v) is 5.26. The number of aliphatic carboxylic acids is 1. The highest BCUT2D eigenvalue weighted by atomic mass is 16.6. The predicted octanol–water partition coefficient (Wildman–Crippen LogP) is 1.73. The number of hydrogen-bond acceptors (Lipinski definition) is 6. The first kappa shape index (κ1) is 22.4. The average molecular weight is 466 g/mol. The minimum absolute atomic E-state index is 0.0526. The molecule has 1 aliphatic carbocycles. The largest absolute Gasteiger partial charge is 0.480 e. The minimum atomic E-state index is -1.43. The lowest BCUT2D eigenvalue weighted by atomic mass is 9.96. The molecular formula is C25H26N2O7. The molecule has 2 aromatic carbocycles. The Morgan fingerprint density at radius 1 is 1.09 bits per heavy atom. The first-order valence-corrected chi connectivity index (χ1v) is 11.3. The molecule has 9 heteroatoms. The summed E-state index contributed by atoms with van der Waals surface area (Å²) in [5.74, 6) is -1.91. The number of carbonyl (C=O) groups excluding carboxylic acids is 2. The van der Waals surface area contributed by atoms with E-state index in [0.29, 0.717) is 0 Å². The summed E-state index contributed by atoms with van der Waals surface area (Å²) in [6.45, 7) is 0.133. The summed E-state index contributed by atoms with van der Waals surface area (Å²) in [5, 5.41) is 22.1. The Morgan fingerprint density at radius 3 is 2.32 bits per heavy atom. The second-order valence-corrected chi connectivity index (χ2v) is 9.04. The Morgan fingerprint density at radius 2 is 1.74 bits per heavy atom. The van der Waals surface area contributed by atoms with E-state index in [1.165, 1.54) is 0 Å². The zero-order valence-electron chi connectivity index (χ0n) is 18.5. The Bertz CT molecular complexity index is 1080. The van der Waals surface area contributed by atoms with Crippen LogP contribution in [-0.2, 0) is 19.1 Å². The van der Waals surface area contributed by atoms with Gasteiger partial charge in [0.05, 0.1) is 12.7 Å². The molecule has 5 rings (SSSR count). The first-order chi connectivity index (χ1) is 16.4. The van der Waals surface area contributed by atoms with Crippen molar-refractivity contribution in [3.05, 3.63) is 59.7 Å². The van der Waals surface area contributed by atoms with Gasteiger partial charge in [-0.2, -0.15) is 0 Å². The number of nitrogens with zero attached hydrogens (tertiary/aromatic N) is 1. The summed E-state index contributed by atoms with van der Waals surface area (Å²) in [7, 11) is 0. The van der Waals surface area contributed by atoms with Gasteiger partial charge in [-0.15, -0.1) is 0 Å². The fraction of sp³-hybridized carbons (Fsp3) is 0.400. The third-order valence-corrected chi connectivity index (χ3v) is 6.94. The smallest absolute Gasteiger partial charge is 0.408 e. The maximum atomic E-state index is 13.4. The molecule has 2 heterocycles. The molecule has 2 unspecified atom stereocenters. The summed E-state index contributed by atoms with van der Waals surface area (Å²) < 4.78 is 11.0. The quantitative estimate of drug-likeness (QED) is 0.613. The topological polar surface area (TPSA) is 125 Å². The van der Waals surface area contributed by atoms with E-state index in [1.54, 1.807) is 0 Å². The van der Waals surface area contributed by atoms with Crippen molar-refractivity contribution in [2.45, 2.75) is 36.4 Å². The van der Waals surface area contributed by atoms with Gasteiger partial charge >= 0.3 is 12.1 Å². The summed E-state index contributed by atoms with van der Waals surface area (Å²) in [6, 6.07) is 14.8. The van der Waals surface area contributed by atoms with Crippen molar-refractivity contribution in [2.24, 2.45) is 0 Å². The van der Waals surface area contributed by atoms with Gasteiger partial charge in [-0.05, 0) is 22.3 Å². The number of alkyl carbamates (subject to hydrolysis) is 1. The number of carboxylic acid groups (broad SMARTS) is 1. The van der Waals surface area contributed by atoms with Crippen LogP contribution in [0.15, 0.2) is 48.5 Å². The highest BCUT2D eigenvalue weighted by molar-refractivity contribution is 5.93. The van der Waals surface area contributed by atoms with Gasteiger partial charge < -0.3 is 29.9 Å². The molecule has 0 saturated carbocycles. The Labute approximate surface area is 196 Å². The van der Waals surface area contributed by atoms with Crippen LogP contribution in [0.2, 0.25) is 0 Å². The van der Waals surface area contributed by atoms with E-state index in [0.717, 1.165) is 27.2 Å². The molecule has 2 aliphatic heterocycles. The van der Waals surface area contributed by atoms with E-state index < -0.39 is 35.7 Å². The van der Waals surface area contributed by atoms with Crippen LogP contribution in [0, 0.1) is 0 Å². The van der Waals surface area contributed by atoms with Crippen molar-refractivity contribution in [1.29, 1.82) is 0 Å². The molecule has 0 spiro atoms. The maximum Gasteiger partial charge on any atom is 0.408 e. The molecular weight excluding hydrogens is 440 g/mol. The van der Waals surface area contributed by atoms with Gasteiger partial charge in [-0.3, -0.25) is 4.79 Å². The molecule has 3 aliphatic rings. The standard InChI is InChI=1S/C25H26N2O7/c28-15-11-21(22(29)30)27(12-15)23(31)25(9-10-33-14-25)26-24(32)34-13-20-18-7-3-1-5-16(18)17-6-2-4-8-19(17)20/h1-8,15,20-21,28H,9-14H2,(H,26,32)(H,29,30)/t15?,21-,25?/m0/s1. The van der Waals surface area contributed by atoms with E-state index in [2.05, 4.69) is 5.32 Å². The number of amides is 2. The van der Waals surface area contributed by atoms with Crippen molar-refractivity contribution < 1.29 is 34.1 Å². The number of ether oxygens (including phenoxy) is 2. The second-order valence-electron chi connectivity index (χ2n) is 9.04. The van der Waals surface area contributed by atoms with Gasteiger partial charge in [0.1, 0.15) is 18.2 Å². The number of likely N-dealkylation sites (tertiary alicyclic amines) is 1. The van der Waals surface area contributed by atoms with Crippen LogP contribution in [0.4, 0.5) is 4.79 Å². The number of aliphatic hydroxyl groups is 1. The number of fused-ring (bicyclic) bond motifs is 3. The van der Waals surface area contributed by atoms with Crippen LogP contribution in [-0.4, -0.2) is 77.1 Å². The van der Waals surface area contributed by atoms with Crippen LogP contribution >= 0.6 is 0 Å². The van der Waals surface area contributed by atoms with Crippen molar-refractivity contribution in [1.82, 2.24) is 10.2 Å². The van der Waals surface area contributed by atoms with Crippen LogP contribution in [0.5, 0.6) is 0 Å². The fourth-order valence-electron chi connectivity index (χ4n) is 5.26. The zero-order chi connectivity index (χ0) is 23.9. The van der Waals surface area contributed by atoms with Gasteiger partial charge in [0, 0.05) is 31.9 Å². The summed E-state index contributed by atoms with van der Waals surface area (Å²) in [5.41, 5.74) is 2.93. The number of hydrogen-bond donors (Lipinski definition) is 3. The third-order valence-electron chi connectivity index (χ3n) is 6.94. The molecule has 2 saturated heterocycles. The molecule has 9 nitrogen and oxygen atoms in total. The highest BCUT2D eigenvalue weighted by Crippen LogP contribution is 2.44. The summed E-state index contributed by atoms with van der Waals surface area (Å²) >= 11 is 0. The molecule has 3 N–H and O–H groups in total. The number of carboxylic acids is 1. The number of carbonyl (C=O) groups is 3. The predicted molar refractivity (Wildman–Crippen MR) is 120 cm³/mol. The summed E-state index contributed by atoms with van der Waals surface area (Å²) in [4.78, 5) is 38.9.